The zero-order chi connectivity index (χ0) is 19.0. The second-order valence-electron chi connectivity index (χ2n) is 5.63. The first kappa shape index (κ1) is 20.4. The Balaban J connectivity index is 2.04. The van der Waals surface area contributed by atoms with Crippen molar-refractivity contribution in [2.75, 3.05) is 25.8 Å². The molecule has 0 fully saturated rings. The van der Waals surface area contributed by atoms with Crippen molar-refractivity contribution in [2.45, 2.75) is 18.4 Å². The first-order valence-electron chi connectivity index (χ1n) is 8.12. The molecule has 2 aromatic carbocycles. The lowest BCUT2D eigenvalue weighted by molar-refractivity contribution is 0.0426. The largest absolute Gasteiger partial charge is 0.494 e. The summed E-state index contributed by atoms with van der Waals surface area (Å²) in [5.74, 6) is -1.93. The van der Waals surface area contributed by atoms with Gasteiger partial charge < -0.3 is 14.6 Å². The van der Waals surface area contributed by atoms with Crippen molar-refractivity contribution in [1.29, 1.82) is 0 Å². The summed E-state index contributed by atoms with van der Waals surface area (Å²) in [5, 5.41) is 9.11. The zero-order valence-electron chi connectivity index (χ0n) is 14.0. The van der Waals surface area contributed by atoms with Crippen LogP contribution in [-0.2, 0) is 5.92 Å². The maximum atomic E-state index is 14.6. The van der Waals surface area contributed by atoms with Gasteiger partial charge >= 0.3 is 0 Å². The Morgan fingerprint density at radius 3 is 1.88 bits per heavy atom. The number of aliphatic hydroxyl groups excluding tert-OH is 1. The molecule has 2 rings (SSSR count). The molecule has 3 nitrogen and oxygen atoms in total. The molecule has 0 bridgehead atoms. The van der Waals surface area contributed by atoms with Gasteiger partial charge in [0.1, 0.15) is 30.9 Å². The Hall–Kier alpha value is -1.92. The van der Waals surface area contributed by atoms with Crippen LogP contribution in [0.4, 0.5) is 13.2 Å². The van der Waals surface area contributed by atoms with Gasteiger partial charge in [0.2, 0.25) is 0 Å². The van der Waals surface area contributed by atoms with E-state index in [-0.39, 0.29) is 23.5 Å². The van der Waals surface area contributed by atoms with Gasteiger partial charge in [0.25, 0.3) is 5.92 Å². The molecular formula is C19H20ClF3O3. The standard InChI is InChI=1S/C19H20ClF3O3/c20-10-1-11-25-17-6-2-14(3-7-17)19(22,23)15-4-8-18(9-5-15)26-13-16(24)12-21/h2-9,16,24H,1,10-13H2/t16-/m1/s1. The molecule has 26 heavy (non-hydrogen) atoms. The maximum absolute atomic E-state index is 14.6. The highest BCUT2D eigenvalue weighted by molar-refractivity contribution is 6.17. The van der Waals surface area contributed by atoms with Crippen molar-refractivity contribution in [3.05, 3.63) is 59.7 Å². The molecule has 0 spiro atoms. The molecule has 0 aliphatic carbocycles. The minimum Gasteiger partial charge on any atom is -0.494 e. The summed E-state index contributed by atoms with van der Waals surface area (Å²) in [6.07, 6.45) is -0.558. The van der Waals surface area contributed by atoms with Gasteiger partial charge in [0.05, 0.1) is 6.61 Å². The predicted molar refractivity (Wildman–Crippen MR) is 94.2 cm³/mol. The van der Waals surface area contributed by atoms with Gasteiger partial charge in [-0.15, -0.1) is 11.6 Å². The van der Waals surface area contributed by atoms with E-state index in [4.69, 9.17) is 26.2 Å². The number of alkyl halides is 4. The van der Waals surface area contributed by atoms with Crippen molar-refractivity contribution < 1.29 is 27.8 Å². The SMILES string of the molecule is O[C@H](CF)COc1ccc(C(F)(F)c2ccc(OCCCCl)cc2)cc1. The third-order valence-corrected chi connectivity index (χ3v) is 3.87. The van der Waals surface area contributed by atoms with Gasteiger partial charge in [0.15, 0.2) is 0 Å². The van der Waals surface area contributed by atoms with Crippen LogP contribution in [0.2, 0.25) is 0 Å². The predicted octanol–water partition coefficient (Wildman–Crippen LogP) is 4.54. The molecular weight excluding hydrogens is 369 g/mol. The van der Waals surface area contributed by atoms with Crippen molar-refractivity contribution in [1.82, 2.24) is 0 Å². The number of aliphatic hydroxyl groups is 1. The topological polar surface area (TPSA) is 38.7 Å². The van der Waals surface area contributed by atoms with Gasteiger partial charge in [-0.2, -0.15) is 8.78 Å². The average Bonchev–Trinajstić information content (AvgIpc) is 2.67. The number of halogens is 4. The van der Waals surface area contributed by atoms with Crippen LogP contribution >= 0.6 is 11.6 Å². The molecule has 7 heteroatoms. The fourth-order valence-electron chi connectivity index (χ4n) is 2.17. The highest BCUT2D eigenvalue weighted by Crippen LogP contribution is 2.37. The number of ether oxygens (including phenoxy) is 2. The smallest absolute Gasteiger partial charge is 0.298 e. The molecule has 1 N–H and O–H groups in total. The summed E-state index contributed by atoms with van der Waals surface area (Å²) in [4.78, 5) is 0. The second-order valence-corrected chi connectivity index (χ2v) is 6.01. The Labute approximate surface area is 155 Å². The third-order valence-electron chi connectivity index (χ3n) is 3.60. The van der Waals surface area contributed by atoms with E-state index < -0.39 is 18.7 Å². The molecule has 142 valence electrons. The first-order valence-corrected chi connectivity index (χ1v) is 8.65. The maximum Gasteiger partial charge on any atom is 0.298 e. The summed E-state index contributed by atoms with van der Waals surface area (Å²) < 4.78 is 52.0. The number of hydrogen-bond donors (Lipinski definition) is 1. The van der Waals surface area contributed by atoms with Crippen LogP contribution in [0.15, 0.2) is 48.5 Å². The molecule has 0 heterocycles. The highest BCUT2D eigenvalue weighted by atomic mass is 35.5. The second kappa shape index (κ2) is 9.69. The fourth-order valence-corrected chi connectivity index (χ4v) is 2.28. The summed E-state index contributed by atoms with van der Waals surface area (Å²) in [6.45, 7) is -0.739. The van der Waals surface area contributed by atoms with E-state index in [1.165, 1.54) is 48.5 Å². The van der Waals surface area contributed by atoms with E-state index in [2.05, 4.69) is 0 Å². The highest BCUT2D eigenvalue weighted by Gasteiger charge is 2.33. The Morgan fingerprint density at radius 1 is 0.923 bits per heavy atom. The van der Waals surface area contributed by atoms with Crippen molar-refractivity contribution in [3.8, 4) is 11.5 Å². The third kappa shape index (κ3) is 5.54. The van der Waals surface area contributed by atoms with Crippen LogP contribution in [0, 0.1) is 0 Å². The van der Waals surface area contributed by atoms with E-state index in [0.29, 0.717) is 24.7 Å². The van der Waals surface area contributed by atoms with E-state index in [9.17, 15) is 13.2 Å². The minimum atomic E-state index is -3.19. The lowest BCUT2D eigenvalue weighted by Gasteiger charge is -2.18. The summed E-state index contributed by atoms with van der Waals surface area (Å²) in [5.41, 5.74) is -0.365. The molecule has 2 aromatic rings. The van der Waals surface area contributed by atoms with Crippen molar-refractivity contribution in [3.63, 3.8) is 0 Å². The molecule has 0 unspecified atom stereocenters. The lowest BCUT2D eigenvalue weighted by atomic mass is 10.0. The van der Waals surface area contributed by atoms with E-state index in [1.54, 1.807) is 0 Å². The molecule has 0 aliphatic rings. The monoisotopic (exact) mass is 388 g/mol. The van der Waals surface area contributed by atoms with Crippen LogP contribution < -0.4 is 9.47 Å². The van der Waals surface area contributed by atoms with E-state index >= 15 is 0 Å². The van der Waals surface area contributed by atoms with Crippen LogP contribution in [0.3, 0.4) is 0 Å². The van der Waals surface area contributed by atoms with Crippen LogP contribution in [-0.4, -0.2) is 37.0 Å². The summed E-state index contributed by atoms with van der Waals surface area (Å²) in [7, 11) is 0. The number of rotatable bonds is 10. The van der Waals surface area contributed by atoms with E-state index in [1.807, 2.05) is 0 Å². The summed E-state index contributed by atoms with van der Waals surface area (Å²) in [6, 6.07) is 10.8. The van der Waals surface area contributed by atoms with Gasteiger partial charge in [-0.25, -0.2) is 4.39 Å². The van der Waals surface area contributed by atoms with Crippen LogP contribution in [0.5, 0.6) is 11.5 Å². The van der Waals surface area contributed by atoms with Crippen LogP contribution in [0.1, 0.15) is 17.5 Å². The molecule has 1 atom stereocenters. The van der Waals surface area contributed by atoms with Gasteiger partial charge in [-0.3, -0.25) is 0 Å². The van der Waals surface area contributed by atoms with Gasteiger partial charge in [-0.1, -0.05) is 0 Å². The van der Waals surface area contributed by atoms with Crippen molar-refractivity contribution >= 4 is 11.6 Å². The molecule has 0 saturated carbocycles. The van der Waals surface area contributed by atoms with Crippen molar-refractivity contribution in [2.24, 2.45) is 0 Å². The van der Waals surface area contributed by atoms with Gasteiger partial charge in [-0.05, 0) is 55.0 Å². The number of hydrogen-bond acceptors (Lipinski definition) is 3. The molecule has 0 aliphatic heterocycles. The first-order chi connectivity index (χ1) is 12.5. The Morgan fingerprint density at radius 2 is 1.42 bits per heavy atom. The molecule has 0 aromatic heterocycles. The van der Waals surface area contributed by atoms with Gasteiger partial charge in [0, 0.05) is 17.0 Å². The summed E-state index contributed by atoms with van der Waals surface area (Å²) >= 11 is 5.56. The number of benzene rings is 2. The quantitative estimate of drug-likeness (QED) is 0.479. The minimum absolute atomic E-state index is 0.163. The fraction of sp³-hybridized carbons (Fsp3) is 0.368. The molecule has 0 saturated heterocycles. The Kier molecular flexibility index (Phi) is 7.60. The van der Waals surface area contributed by atoms with E-state index in [0.717, 1.165) is 0 Å². The van der Waals surface area contributed by atoms with Crippen LogP contribution in [0.25, 0.3) is 0 Å². The lowest BCUT2D eigenvalue weighted by Crippen LogP contribution is -2.19. The zero-order valence-corrected chi connectivity index (χ0v) is 14.8. The Bertz CT molecular complexity index is 663. The molecule has 0 amide bonds. The molecule has 0 radical (unpaired) electrons. The average molecular weight is 389 g/mol. The normalized spacial score (nSPS) is 12.7.